The zero-order valence-electron chi connectivity index (χ0n) is 8.75. The second kappa shape index (κ2) is 5.17. The van der Waals surface area contributed by atoms with Crippen LogP contribution in [0, 0.1) is 5.41 Å². The van der Waals surface area contributed by atoms with E-state index in [9.17, 15) is 9.90 Å². The molecule has 92 valence electrons. The topological polar surface area (TPSA) is 137 Å². The van der Waals surface area contributed by atoms with Crippen LogP contribution in [-0.4, -0.2) is 39.8 Å². The zero-order chi connectivity index (χ0) is 13.0. The van der Waals surface area contributed by atoms with Crippen LogP contribution in [0.25, 0.3) is 0 Å². The minimum Gasteiger partial charge on any atom is -0.507 e. The molecule has 0 aliphatic carbocycles. The molecule has 0 saturated heterocycles. The number of phenols is 1. The standard InChI is InChI=1S/C10H12N2O5/c11-9(12)6-2-1-5(3-7(6)13)17-4-8(14)10(15)16/h1-3,8,13-14H,4H2,(H3,11,12)(H,15,16). The number of phenolic OH excluding ortho intramolecular Hbond substituents is 1. The number of hydrogen-bond donors (Lipinski definition) is 5. The van der Waals surface area contributed by atoms with Gasteiger partial charge in [-0.05, 0) is 12.1 Å². The van der Waals surface area contributed by atoms with Crippen molar-refractivity contribution in [3.05, 3.63) is 23.8 Å². The number of nitrogens with one attached hydrogen (secondary N) is 1. The Hall–Kier alpha value is -2.28. The van der Waals surface area contributed by atoms with E-state index in [0.29, 0.717) is 0 Å². The molecule has 0 saturated carbocycles. The van der Waals surface area contributed by atoms with Gasteiger partial charge in [0.1, 0.15) is 23.9 Å². The molecule has 0 aliphatic rings. The predicted molar refractivity (Wildman–Crippen MR) is 58.3 cm³/mol. The molecule has 1 aromatic carbocycles. The van der Waals surface area contributed by atoms with E-state index in [2.05, 4.69) is 0 Å². The number of rotatable bonds is 5. The van der Waals surface area contributed by atoms with Crippen LogP contribution in [0.4, 0.5) is 0 Å². The third-order valence-electron chi connectivity index (χ3n) is 1.95. The van der Waals surface area contributed by atoms with Crippen LogP contribution in [0.3, 0.4) is 0 Å². The number of carboxylic acids is 1. The lowest BCUT2D eigenvalue weighted by molar-refractivity contribution is -0.148. The molecule has 0 heterocycles. The molecule has 0 aromatic heterocycles. The number of carbonyl (C=O) groups is 1. The summed E-state index contributed by atoms with van der Waals surface area (Å²) in [6.45, 7) is -0.436. The van der Waals surface area contributed by atoms with Gasteiger partial charge >= 0.3 is 5.97 Å². The monoisotopic (exact) mass is 240 g/mol. The van der Waals surface area contributed by atoms with Gasteiger partial charge in [-0.2, -0.15) is 0 Å². The summed E-state index contributed by atoms with van der Waals surface area (Å²) >= 11 is 0. The second-order valence-corrected chi connectivity index (χ2v) is 3.26. The van der Waals surface area contributed by atoms with Crippen molar-refractivity contribution in [1.29, 1.82) is 5.41 Å². The maximum Gasteiger partial charge on any atom is 0.336 e. The first kappa shape index (κ1) is 12.8. The van der Waals surface area contributed by atoms with Gasteiger partial charge in [0.25, 0.3) is 0 Å². The molecule has 17 heavy (non-hydrogen) atoms. The van der Waals surface area contributed by atoms with Crippen LogP contribution in [0.15, 0.2) is 18.2 Å². The van der Waals surface area contributed by atoms with Gasteiger partial charge in [-0.3, -0.25) is 5.41 Å². The fraction of sp³-hybridized carbons (Fsp3) is 0.200. The minimum atomic E-state index is -1.63. The van der Waals surface area contributed by atoms with Crippen molar-refractivity contribution in [1.82, 2.24) is 0 Å². The molecule has 0 amide bonds. The van der Waals surface area contributed by atoms with E-state index in [1.807, 2.05) is 0 Å². The second-order valence-electron chi connectivity index (χ2n) is 3.26. The molecule has 0 bridgehead atoms. The highest BCUT2D eigenvalue weighted by Crippen LogP contribution is 2.23. The Labute approximate surface area is 96.6 Å². The number of benzene rings is 1. The Balaban J connectivity index is 2.71. The minimum absolute atomic E-state index is 0.149. The van der Waals surface area contributed by atoms with E-state index in [1.165, 1.54) is 18.2 Å². The quantitative estimate of drug-likeness (QED) is 0.347. The fourth-order valence-electron chi connectivity index (χ4n) is 1.08. The summed E-state index contributed by atoms with van der Waals surface area (Å²) in [4.78, 5) is 10.3. The smallest absolute Gasteiger partial charge is 0.336 e. The Morgan fingerprint density at radius 1 is 1.53 bits per heavy atom. The highest BCUT2D eigenvalue weighted by atomic mass is 16.5. The van der Waals surface area contributed by atoms with Crippen molar-refractivity contribution < 1.29 is 24.9 Å². The number of ether oxygens (including phenoxy) is 1. The van der Waals surface area contributed by atoms with E-state index in [4.69, 9.17) is 26.1 Å². The van der Waals surface area contributed by atoms with E-state index < -0.39 is 18.7 Å². The largest absolute Gasteiger partial charge is 0.507 e. The number of aliphatic hydroxyl groups is 1. The number of amidine groups is 1. The first-order valence-electron chi connectivity index (χ1n) is 4.63. The molecule has 0 fully saturated rings. The summed E-state index contributed by atoms with van der Waals surface area (Å²) < 4.78 is 4.94. The van der Waals surface area contributed by atoms with Crippen molar-refractivity contribution in [2.75, 3.05) is 6.61 Å². The normalized spacial score (nSPS) is 11.8. The van der Waals surface area contributed by atoms with Gasteiger partial charge in [-0.1, -0.05) is 0 Å². The summed E-state index contributed by atoms with van der Waals surface area (Å²) in [6, 6.07) is 3.95. The Kier molecular flexibility index (Phi) is 3.89. The average molecular weight is 240 g/mol. The van der Waals surface area contributed by atoms with Crippen LogP contribution in [0.1, 0.15) is 5.56 Å². The van der Waals surface area contributed by atoms with Gasteiger partial charge < -0.3 is 25.8 Å². The first-order chi connectivity index (χ1) is 7.91. The Morgan fingerprint density at radius 3 is 2.65 bits per heavy atom. The molecule has 1 atom stereocenters. The van der Waals surface area contributed by atoms with Crippen molar-refractivity contribution in [3.8, 4) is 11.5 Å². The number of aliphatic hydroxyl groups excluding tert-OH is 1. The molecule has 0 radical (unpaired) electrons. The molecular formula is C10H12N2O5. The van der Waals surface area contributed by atoms with Crippen LogP contribution in [0.2, 0.25) is 0 Å². The van der Waals surface area contributed by atoms with Crippen LogP contribution in [0.5, 0.6) is 11.5 Å². The van der Waals surface area contributed by atoms with Gasteiger partial charge in [-0.15, -0.1) is 0 Å². The molecule has 1 aromatic rings. The SMILES string of the molecule is N=C(N)c1ccc(OCC(O)C(=O)O)cc1O. The summed E-state index contributed by atoms with van der Waals surface area (Å²) in [5.74, 6) is -1.76. The lowest BCUT2D eigenvalue weighted by Crippen LogP contribution is -2.26. The molecular weight excluding hydrogens is 228 g/mol. The molecule has 1 unspecified atom stereocenters. The van der Waals surface area contributed by atoms with Gasteiger partial charge in [-0.25, -0.2) is 4.79 Å². The van der Waals surface area contributed by atoms with Gasteiger partial charge in [0.2, 0.25) is 0 Å². The molecule has 1 rings (SSSR count). The van der Waals surface area contributed by atoms with Crippen molar-refractivity contribution in [3.63, 3.8) is 0 Å². The third kappa shape index (κ3) is 3.35. The third-order valence-corrected chi connectivity index (χ3v) is 1.95. The number of aromatic hydroxyl groups is 1. The van der Waals surface area contributed by atoms with Crippen molar-refractivity contribution >= 4 is 11.8 Å². The lowest BCUT2D eigenvalue weighted by Gasteiger charge is -2.10. The predicted octanol–water partition coefficient (Wildman–Crippen LogP) is -0.499. The Bertz CT molecular complexity index is 446. The van der Waals surface area contributed by atoms with Crippen LogP contribution in [-0.2, 0) is 4.79 Å². The molecule has 0 spiro atoms. The number of nitrogens with two attached hydrogens (primary N) is 1. The van der Waals surface area contributed by atoms with E-state index in [1.54, 1.807) is 0 Å². The summed E-state index contributed by atoms with van der Waals surface area (Å²) in [5, 5.41) is 34.0. The number of carboxylic acid groups (broad SMARTS) is 1. The lowest BCUT2D eigenvalue weighted by atomic mass is 10.2. The maximum atomic E-state index is 10.3. The zero-order valence-corrected chi connectivity index (χ0v) is 8.75. The molecule has 0 aliphatic heterocycles. The number of nitrogen functional groups attached to an aromatic ring is 1. The highest BCUT2D eigenvalue weighted by molar-refractivity contribution is 5.97. The van der Waals surface area contributed by atoms with Crippen molar-refractivity contribution in [2.24, 2.45) is 5.73 Å². The highest BCUT2D eigenvalue weighted by Gasteiger charge is 2.14. The number of hydrogen-bond acceptors (Lipinski definition) is 5. The maximum absolute atomic E-state index is 10.3. The summed E-state index contributed by atoms with van der Waals surface area (Å²) in [6.07, 6.45) is -1.63. The van der Waals surface area contributed by atoms with E-state index in [-0.39, 0.29) is 22.9 Å². The van der Waals surface area contributed by atoms with Crippen molar-refractivity contribution in [2.45, 2.75) is 6.10 Å². The van der Waals surface area contributed by atoms with E-state index >= 15 is 0 Å². The van der Waals surface area contributed by atoms with Crippen LogP contribution < -0.4 is 10.5 Å². The number of aliphatic carboxylic acids is 1. The van der Waals surface area contributed by atoms with Gasteiger partial charge in [0.15, 0.2) is 6.10 Å². The fourth-order valence-corrected chi connectivity index (χ4v) is 1.08. The average Bonchev–Trinajstić information content (AvgIpc) is 2.25. The van der Waals surface area contributed by atoms with E-state index in [0.717, 1.165) is 0 Å². The molecule has 7 nitrogen and oxygen atoms in total. The van der Waals surface area contributed by atoms with Crippen LogP contribution >= 0.6 is 0 Å². The summed E-state index contributed by atoms with van der Waals surface area (Å²) in [5.41, 5.74) is 5.34. The van der Waals surface area contributed by atoms with Gasteiger partial charge in [0.05, 0.1) is 5.56 Å². The van der Waals surface area contributed by atoms with Gasteiger partial charge in [0, 0.05) is 6.07 Å². The first-order valence-corrected chi connectivity index (χ1v) is 4.63. The Morgan fingerprint density at radius 2 is 2.18 bits per heavy atom. The molecule has 6 N–H and O–H groups in total. The summed E-state index contributed by atoms with van der Waals surface area (Å²) in [7, 11) is 0. The molecule has 7 heteroatoms.